The Balaban J connectivity index is -0.000000274. The van der Waals surface area contributed by atoms with Crippen molar-refractivity contribution in [3.8, 4) is 0 Å². The molecule has 2 unspecified atom stereocenters. The SMILES string of the molecule is C=C(CCc1cccc(CC(C)(F)P)c1)/C(=C/C)NC.C=C/C=C\C(=C/C)CC.CC.CC.CC.CC1CCCCCC1. The van der Waals surface area contributed by atoms with Gasteiger partial charge in [0, 0.05) is 19.2 Å². The molecule has 0 saturated heterocycles. The number of nitrogens with one attached hydrogen (secondary N) is 1. The van der Waals surface area contributed by atoms with E-state index in [0.29, 0.717) is 6.42 Å². The normalized spacial score (nSPS) is 14.6. The van der Waals surface area contributed by atoms with E-state index in [9.17, 15) is 4.39 Å². The first-order valence-corrected chi connectivity index (χ1v) is 17.7. The summed E-state index contributed by atoms with van der Waals surface area (Å²) in [4.78, 5) is 0. The fourth-order valence-electron chi connectivity index (χ4n) is 4.34. The molecule has 2 atom stereocenters. The van der Waals surface area contributed by atoms with E-state index in [4.69, 9.17) is 0 Å². The quantitative estimate of drug-likeness (QED) is 0.156. The van der Waals surface area contributed by atoms with Crippen molar-refractivity contribution in [2.45, 2.75) is 146 Å². The lowest BCUT2D eigenvalue weighted by Gasteiger charge is -2.15. The molecule has 1 aliphatic rings. The summed E-state index contributed by atoms with van der Waals surface area (Å²) in [5.74, 6) is 1.03. The van der Waals surface area contributed by atoms with Crippen LogP contribution in [-0.4, -0.2) is 12.5 Å². The Morgan fingerprint density at radius 1 is 1.00 bits per heavy atom. The van der Waals surface area contributed by atoms with Gasteiger partial charge in [0.15, 0.2) is 0 Å². The van der Waals surface area contributed by atoms with E-state index in [0.717, 1.165) is 42.0 Å². The van der Waals surface area contributed by atoms with Gasteiger partial charge in [-0.25, -0.2) is 4.39 Å². The molecule has 43 heavy (non-hydrogen) atoms. The Kier molecular flexibility index (Phi) is 38.6. The molecule has 0 bridgehead atoms. The number of rotatable bonds is 10. The smallest absolute Gasteiger partial charge is 0.125 e. The molecular weight excluding hydrogens is 544 g/mol. The first-order chi connectivity index (χ1) is 20.6. The summed E-state index contributed by atoms with van der Waals surface area (Å²) >= 11 is 0. The first-order valence-electron chi connectivity index (χ1n) is 17.1. The highest BCUT2D eigenvalue weighted by Gasteiger charge is 2.16. The average molecular weight is 618 g/mol. The monoisotopic (exact) mass is 618 g/mol. The molecule has 1 aliphatic carbocycles. The Labute approximate surface area is 272 Å². The zero-order valence-corrected chi connectivity index (χ0v) is 31.9. The molecule has 0 aromatic heterocycles. The number of alkyl halides is 1. The standard InChI is InChI=1S/C17H25FNP.C9H14.C8H16.3C2H6/c1-5-16(19-4)13(2)9-10-14-7-6-8-15(11-14)12-17(3,18)20;1-4-7-8-9(5-2)6-3;1-8-6-4-2-3-5-7-8;3*1-2/h5-8,11,19H,2,9-10,12,20H2,1,3-4H3;4-5,7-8H,1,6H2,2-3H3;8H,2-7H2,1H3;3*1-2H3/b16-5-;8-7-,9-5-;;;;. The van der Waals surface area contributed by atoms with E-state index in [2.05, 4.69) is 65.8 Å². The molecule has 0 aliphatic heterocycles. The summed E-state index contributed by atoms with van der Waals surface area (Å²) in [6, 6.07) is 8.15. The van der Waals surface area contributed by atoms with E-state index in [-0.39, 0.29) is 0 Å². The fraction of sp³-hybridized carbons (Fsp3) is 0.600. The molecule has 1 fully saturated rings. The number of benzene rings is 1. The van der Waals surface area contributed by atoms with Crippen LogP contribution in [0, 0.1) is 5.92 Å². The molecule has 0 amide bonds. The average Bonchev–Trinajstić information content (AvgIpc) is 3.27. The number of aryl methyl sites for hydroxylation is 1. The molecule has 1 N–H and O–H groups in total. The Morgan fingerprint density at radius 2 is 1.53 bits per heavy atom. The lowest BCUT2D eigenvalue weighted by molar-refractivity contribution is 0.314. The minimum absolute atomic E-state index is 0.420. The van der Waals surface area contributed by atoms with Crippen molar-refractivity contribution in [2.75, 3.05) is 7.05 Å². The fourth-order valence-corrected chi connectivity index (χ4v) is 4.58. The first kappa shape index (κ1) is 48.0. The third kappa shape index (κ3) is 31.3. The zero-order valence-electron chi connectivity index (χ0n) is 30.7. The van der Waals surface area contributed by atoms with Gasteiger partial charge in [-0.15, -0.1) is 0 Å². The van der Waals surface area contributed by atoms with Gasteiger partial charge in [-0.2, -0.15) is 0 Å². The Bertz CT molecular complexity index is 849. The molecule has 250 valence electrons. The van der Waals surface area contributed by atoms with E-state index < -0.39 is 5.41 Å². The van der Waals surface area contributed by atoms with Crippen LogP contribution in [0.25, 0.3) is 0 Å². The van der Waals surface area contributed by atoms with Crippen LogP contribution in [0.15, 0.2) is 84.6 Å². The van der Waals surface area contributed by atoms with Crippen LogP contribution in [0.5, 0.6) is 0 Å². The van der Waals surface area contributed by atoms with Crippen molar-refractivity contribution in [3.05, 3.63) is 95.8 Å². The molecule has 0 radical (unpaired) electrons. The van der Waals surface area contributed by atoms with Gasteiger partial charge in [0.25, 0.3) is 0 Å². The van der Waals surface area contributed by atoms with Gasteiger partial charge in [-0.1, -0.05) is 177 Å². The zero-order chi connectivity index (χ0) is 34.1. The van der Waals surface area contributed by atoms with Gasteiger partial charge in [-0.05, 0) is 62.7 Å². The predicted molar refractivity (Wildman–Crippen MR) is 204 cm³/mol. The van der Waals surface area contributed by atoms with Crippen LogP contribution in [0.1, 0.15) is 139 Å². The summed E-state index contributed by atoms with van der Waals surface area (Å²) in [7, 11) is 4.16. The molecule has 0 heterocycles. The highest BCUT2D eigenvalue weighted by Crippen LogP contribution is 2.25. The van der Waals surface area contributed by atoms with Crippen molar-refractivity contribution in [1.29, 1.82) is 0 Å². The molecule has 1 aromatic rings. The Hall–Kier alpha value is -1.92. The van der Waals surface area contributed by atoms with E-state index in [1.54, 1.807) is 13.0 Å². The summed E-state index contributed by atoms with van der Waals surface area (Å²) < 4.78 is 13.7. The lowest BCUT2D eigenvalue weighted by Crippen LogP contribution is -2.11. The van der Waals surface area contributed by atoms with Crippen LogP contribution in [0.2, 0.25) is 0 Å². The van der Waals surface area contributed by atoms with Crippen molar-refractivity contribution >= 4 is 9.24 Å². The minimum atomic E-state index is -1.24. The minimum Gasteiger partial charge on any atom is -0.388 e. The molecule has 1 aromatic carbocycles. The molecule has 1 nitrogen and oxygen atoms in total. The predicted octanol–water partition coefficient (Wildman–Crippen LogP) is 13.5. The Morgan fingerprint density at radius 3 is 1.95 bits per heavy atom. The van der Waals surface area contributed by atoms with E-state index in [1.165, 1.54) is 49.7 Å². The number of hydrogen-bond donors (Lipinski definition) is 1. The molecule has 3 heteroatoms. The molecule has 2 rings (SSSR count). The largest absolute Gasteiger partial charge is 0.388 e. The van der Waals surface area contributed by atoms with Crippen LogP contribution in [0.4, 0.5) is 4.39 Å². The van der Waals surface area contributed by atoms with Crippen LogP contribution in [-0.2, 0) is 12.8 Å². The molecule has 0 spiro atoms. The van der Waals surface area contributed by atoms with Crippen molar-refractivity contribution in [3.63, 3.8) is 0 Å². The second kappa shape index (κ2) is 34.6. The van der Waals surface area contributed by atoms with Crippen molar-refractivity contribution in [1.82, 2.24) is 5.32 Å². The van der Waals surface area contributed by atoms with Gasteiger partial charge in [0.1, 0.15) is 5.41 Å². The second-order valence-corrected chi connectivity index (χ2v) is 11.4. The summed E-state index contributed by atoms with van der Waals surface area (Å²) in [5.41, 5.74) is 5.80. The molecule has 1 saturated carbocycles. The number of likely N-dealkylation sites (N-methyl/N-ethyl adjacent to an activating group) is 1. The maximum Gasteiger partial charge on any atom is 0.125 e. The maximum absolute atomic E-state index is 13.7. The maximum atomic E-state index is 13.7. The lowest BCUT2D eigenvalue weighted by atomic mass is 10.00. The highest BCUT2D eigenvalue weighted by molar-refractivity contribution is 7.18. The number of allylic oxidation sites excluding steroid dienone is 7. The van der Waals surface area contributed by atoms with Crippen LogP contribution < -0.4 is 5.32 Å². The van der Waals surface area contributed by atoms with Crippen LogP contribution in [0.3, 0.4) is 0 Å². The third-order valence-corrected chi connectivity index (χ3v) is 6.77. The van der Waals surface area contributed by atoms with Crippen molar-refractivity contribution in [2.24, 2.45) is 5.92 Å². The van der Waals surface area contributed by atoms with E-state index in [1.807, 2.05) is 86.7 Å². The number of halogens is 1. The van der Waals surface area contributed by atoms with Gasteiger partial charge in [-0.3, -0.25) is 0 Å². The van der Waals surface area contributed by atoms with E-state index >= 15 is 0 Å². The van der Waals surface area contributed by atoms with Gasteiger partial charge < -0.3 is 5.32 Å². The second-order valence-electron chi connectivity index (χ2n) is 10.2. The summed E-state index contributed by atoms with van der Waals surface area (Å²) in [6.45, 7) is 29.8. The number of hydrogen-bond acceptors (Lipinski definition) is 1. The topological polar surface area (TPSA) is 12.0 Å². The third-order valence-electron chi connectivity index (χ3n) is 6.56. The van der Waals surface area contributed by atoms with Gasteiger partial charge >= 0.3 is 0 Å². The highest BCUT2D eigenvalue weighted by atomic mass is 31.0. The van der Waals surface area contributed by atoms with Crippen LogP contribution >= 0.6 is 9.24 Å². The van der Waals surface area contributed by atoms with Crippen molar-refractivity contribution < 1.29 is 4.39 Å². The summed E-state index contributed by atoms with van der Waals surface area (Å²) in [5, 5.41) is 1.90. The molecular formula is C40H73FNP. The van der Waals surface area contributed by atoms with Gasteiger partial charge in [0.05, 0.1) is 0 Å². The summed E-state index contributed by atoms with van der Waals surface area (Å²) in [6.07, 6.45) is 22.2. The van der Waals surface area contributed by atoms with Gasteiger partial charge in [0.2, 0.25) is 0 Å².